The minimum absolute atomic E-state index is 0.0991. The summed E-state index contributed by atoms with van der Waals surface area (Å²) in [5, 5.41) is 2.39. The number of rotatable bonds is 1. The largest absolute Gasteiger partial charge is 0.402 e. The molecular weight excluding hydrogens is 268 g/mol. The van der Waals surface area contributed by atoms with Crippen LogP contribution in [0.1, 0.15) is 0 Å². The molecular formula is C8H11F6N3O. The Balaban J connectivity index is 3.07. The summed E-state index contributed by atoms with van der Waals surface area (Å²) in [4.78, 5) is 11.3. The first-order valence-electron chi connectivity index (χ1n) is 4.95. The van der Waals surface area contributed by atoms with Crippen molar-refractivity contribution >= 4 is 6.03 Å². The zero-order valence-electron chi connectivity index (χ0n) is 8.98. The van der Waals surface area contributed by atoms with Crippen LogP contribution < -0.4 is 11.1 Å². The van der Waals surface area contributed by atoms with Gasteiger partial charge in [0.05, 0.1) is 6.04 Å². The Hall–Kier alpha value is -1.19. The van der Waals surface area contributed by atoms with Gasteiger partial charge in [0.2, 0.25) is 0 Å². The van der Waals surface area contributed by atoms with Crippen LogP contribution in [0, 0.1) is 5.92 Å². The molecule has 1 saturated heterocycles. The number of piperazine rings is 1. The number of primary amides is 1. The van der Waals surface area contributed by atoms with Crippen LogP contribution in [0.5, 0.6) is 0 Å². The lowest BCUT2D eigenvalue weighted by Crippen LogP contribution is -2.63. The summed E-state index contributed by atoms with van der Waals surface area (Å²) in [6, 6.07) is -3.36. The first-order chi connectivity index (χ1) is 8.05. The highest BCUT2D eigenvalue weighted by molar-refractivity contribution is 5.72. The van der Waals surface area contributed by atoms with Gasteiger partial charge in [-0.05, 0) is 0 Å². The number of carbonyl (C=O) groups excluding carboxylic acids is 1. The molecule has 10 heteroatoms. The molecule has 0 aliphatic carbocycles. The minimum Gasteiger partial charge on any atom is -0.351 e. The van der Waals surface area contributed by atoms with Crippen molar-refractivity contribution in [3.05, 3.63) is 0 Å². The Morgan fingerprint density at radius 1 is 1.22 bits per heavy atom. The average molecular weight is 279 g/mol. The highest BCUT2D eigenvalue weighted by atomic mass is 19.4. The van der Waals surface area contributed by atoms with Crippen molar-refractivity contribution in [2.75, 3.05) is 19.6 Å². The van der Waals surface area contributed by atoms with E-state index in [1.807, 2.05) is 0 Å². The first kappa shape index (κ1) is 14.9. The van der Waals surface area contributed by atoms with Crippen molar-refractivity contribution in [2.45, 2.75) is 18.4 Å². The number of urea groups is 1. The van der Waals surface area contributed by atoms with Gasteiger partial charge in [-0.1, -0.05) is 0 Å². The average Bonchev–Trinajstić information content (AvgIpc) is 2.13. The quantitative estimate of drug-likeness (QED) is 0.706. The van der Waals surface area contributed by atoms with Crippen LogP contribution in [0.3, 0.4) is 0 Å². The number of amides is 2. The fraction of sp³-hybridized carbons (Fsp3) is 0.875. The molecule has 0 aromatic rings. The van der Waals surface area contributed by atoms with Gasteiger partial charge in [-0.3, -0.25) is 0 Å². The number of hydrogen-bond acceptors (Lipinski definition) is 2. The van der Waals surface area contributed by atoms with E-state index in [2.05, 4.69) is 5.32 Å². The lowest BCUT2D eigenvalue weighted by Gasteiger charge is -2.40. The van der Waals surface area contributed by atoms with Crippen LogP contribution in [0.15, 0.2) is 0 Å². The second-order valence-electron chi connectivity index (χ2n) is 3.86. The van der Waals surface area contributed by atoms with Gasteiger partial charge in [-0.15, -0.1) is 0 Å². The van der Waals surface area contributed by atoms with E-state index < -0.39 is 36.9 Å². The smallest absolute Gasteiger partial charge is 0.351 e. The van der Waals surface area contributed by atoms with E-state index in [0.717, 1.165) is 0 Å². The molecule has 1 heterocycles. The highest BCUT2D eigenvalue weighted by Gasteiger charge is 2.62. The number of halogens is 6. The predicted octanol–water partition coefficient (Wildman–Crippen LogP) is 1.08. The highest BCUT2D eigenvalue weighted by Crippen LogP contribution is 2.43. The molecule has 1 unspecified atom stereocenters. The molecule has 1 fully saturated rings. The number of carbonyl (C=O) groups is 1. The van der Waals surface area contributed by atoms with Crippen LogP contribution in [0.2, 0.25) is 0 Å². The molecule has 1 rings (SSSR count). The van der Waals surface area contributed by atoms with Crippen molar-refractivity contribution in [1.29, 1.82) is 0 Å². The summed E-state index contributed by atoms with van der Waals surface area (Å²) in [6.07, 6.45) is -11.0. The molecule has 1 aliphatic heterocycles. The lowest BCUT2D eigenvalue weighted by atomic mass is 9.95. The number of alkyl halides is 6. The van der Waals surface area contributed by atoms with E-state index in [0.29, 0.717) is 4.90 Å². The third kappa shape index (κ3) is 3.18. The Morgan fingerprint density at radius 2 is 1.72 bits per heavy atom. The van der Waals surface area contributed by atoms with E-state index in [1.54, 1.807) is 0 Å². The van der Waals surface area contributed by atoms with Crippen molar-refractivity contribution in [3.8, 4) is 0 Å². The normalized spacial score (nSPS) is 22.4. The molecule has 2 amide bonds. The summed E-state index contributed by atoms with van der Waals surface area (Å²) in [6.45, 7) is -0.794. The van der Waals surface area contributed by atoms with Crippen LogP contribution in [-0.4, -0.2) is 49.0 Å². The van der Waals surface area contributed by atoms with Gasteiger partial charge in [0.25, 0.3) is 0 Å². The molecule has 0 aromatic carbocycles. The van der Waals surface area contributed by atoms with Gasteiger partial charge in [0.1, 0.15) is 0 Å². The Kier molecular flexibility index (Phi) is 3.99. The van der Waals surface area contributed by atoms with Crippen LogP contribution in [0.4, 0.5) is 31.1 Å². The minimum atomic E-state index is -5.49. The third-order valence-corrected chi connectivity index (χ3v) is 2.66. The molecule has 1 aliphatic rings. The molecule has 0 radical (unpaired) electrons. The van der Waals surface area contributed by atoms with Gasteiger partial charge in [-0.25, -0.2) is 4.79 Å². The maximum Gasteiger partial charge on any atom is 0.402 e. The number of nitrogens with zero attached hydrogens (tertiary/aromatic N) is 1. The lowest BCUT2D eigenvalue weighted by molar-refractivity contribution is -0.297. The van der Waals surface area contributed by atoms with Crippen LogP contribution >= 0.6 is 0 Å². The van der Waals surface area contributed by atoms with Gasteiger partial charge in [0, 0.05) is 19.6 Å². The van der Waals surface area contributed by atoms with E-state index in [-0.39, 0.29) is 13.1 Å². The van der Waals surface area contributed by atoms with Crippen LogP contribution in [-0.2, 0) is 0 Å². The van der Waals surface area contributed by atoms with Crippen molar-refractivity contribution in [3.63, 3.8) is 0 Å². The second kappa shape index (κ2) is 4.82. The zero-order chi connectivity index (χ0) is 14.1. The van der Waals surface area contributed by atoms with Crippen molar-refractivity contribution in [1.82, 2.24) is 10.2 Å². The summed E-state index contributed by atoms with van der Waals surface area (Å²) in [5.74, 6) is -3.61. The molecule has 106 valence electrons. The molecule has 4 nitrogen and oxygen atoms in total. The molecule has 0 bridgehead atoms. The maximum absolute atomic E-state index is 12.5. The van der Waals surface area contributed by atoms with Gasteiger partial charge < -0.3 is 16.0 Å². The fourth-order valence-corrected chi connectivity index (χ4v) is 1.92. The Morgan fingerprint density at radius 3 is 2.11 bits per heavy atom. The summed E-state index contributed by atoms with van der Waals surface area (Å²) in [7, 11) is 0. The number of nitrogens with two attached hydrogens (primary N) is 1. The monoisotopic (exact) mass is 279 g/mol. The fourth-order valence-electron chi connectivity index (χ4n) is 1.92. The maximum atomic E-state index is 12.5. The number of hydrogen-bond donors (Lipinski definition) is 2. The Labute approximate surface area is 98.1 Å². The molecule has 0 spiro atoms. The molecule has 0 saturated carbocycles. The van der Waals surface area contributed by atoms with Gasteiger partial charge >= 0.3 is 18.4 Å². The standard InChI is InChI=1S/C8H11F6N3O/c9-7(10,11)5(8(12,13)14)4-3-16-1-2-17(4)6(15)18/h4-5,16H,1-3H2,(H2,15,18). The molecule has 3 N–H and O–H groups in total. The zero-order valence-corrected chi connectivity index (χ0v) is 8.98. The van der Waals surface area contributed by atoms with Crippen LogP contribution in [0.25, 0.3) is 0 Å². The van der Waals surface area contributed by atoms with E-state index in [1.165, 1.54) is 0 Å². The second-order valence-corrected chi connectivity index (χ2v) is 3.86. The van der Waals surface area contributed by atoms with Gasteiger partial charge in [-0.2, -0.15) is 26.3 Å². The van der Waals surface area contributed by atoms with E-state index in [4.69, 9.17) is 5.73 Å². The molecule has 1 atom stereocenters. The first-order valence-corrected chi connectivity index (χ1v) is 4.95. The predicted molar refractivity (Wildman–Crippen MR) is 48.5 cm³/mol. The third-order valence-electron chi connectivity index (χ3n) is 2.66. The SMILES string of the molecule is NC(=O)N1CCNCC1C(C(F)(F)F)C(F)(F)F. The van der Waals surface area contributed by atoms with E-state index >= 15 is 0 Å². The van der Waals surface area contributed by atoms with E-state index in [9.17, 15) is 31.1 Å². The summed E-state index contributed by atoms with van der Waals surface area (Å²) < 4.78 is 75.1. The summed E-state index contributed by atoms with van der Waals surface area (Å²) in [5.41, 5.74) is 4.81. The van der Waals surface area contributed by atoms with Crippen molar-refractivity contribution in [2.24, 2.45) is 11.7 Å². The number of nitrogens with one attached hydrogen (secondary N) is 1. The van der Waals surface area contributed by atoms with Crippen molar-refractivity contribution < 1.29 is 31.1 Å². The molecule has 0 aromatic heterocycles. The topological polar surface area (TPSA) is 58.4 Å². The summed E-state index contributed by atoms with van der Waals surface area (Å²) >= 11 is 0. The Bertz CT molecular complexity index is 301. The van der Waals surface area contributed by atoms with Gasteiger partial charge in [0.15, 0.2) is 5.92 Å². The molecule has 18 heavy (non-hydrogen) atoms.